The van der Waals surface area contributed by atoms with E-state index in [4.69, 9.17) is 56.4 Å². The number of likely N-dealkylation sites (tertiary alicyclic amines) is 1. The Kier molecular flexibility index (Phi) is 52.0. The molecule has 0 saturated carbocycles. The van der Waals surface area contributed by atoms with Gasteiger partial charge in [-0.1, -0.05) is 66.7 Å². The highest BCUT2D eigenvalue weighted by Crippen LogP contribution is 2.24. The van der Waals surface area contributed by atoms with Crippen LogP contribution in [0.5, 0.6) is 11.5 Å². The van der Waals surface area contributed by atoms with Crippen molar-refractivity contribution in [2.45, 2.75) is 233 Å². The molecule has 19 amide bonds. The number of phenols is 2. The molecule has 144 heavy (non-hydrogen) atoms. The van der Waals surface area contributed by atoms with Crippen LogP contribution in [0.3, 0.4) is 0 Å². The first kappa shape index (κ1) is 119. The van der Waals surface area contributed by atoms with E-state index in [-0.39, 0.29) is 178 Å². The Morgan fingerprint density at radius 3 is 1.03 bits per heavy atom. The molecule has 0 aromatic heterocycles. The third-order valence-corrected chi connectivity index (χ3v) is 23.4. The van der Waals surface area contributed by atoms with Crippen LogP contribution in [0, 0.1) is 16.2 Å². The number of benzene rings is 4. The second-order valence-corrected chi connectivity index (χ2v) is 34.8. The minimum absolute atomic E-state index is 0.00576. The van der Waals surface area contributed by atoms with Gasteiger partial charge >= 0.3 is 24.0 Å². The lowest BCUT2D eigenvalue weighted by Gasteiger charge is -2.31. The molecule has 5 rings (SSSR count). The molecule has 0 bridgehead atoms. The molecule has 39 N–H and O–H groups in total. The lowest BCUT2D eigenvalue weighted by atomic mass is 10.00. The van der Waals surface area contributed by atoms with Crippen molar-refractivity contribution < 1.29 is 112 Å². The number of urea groups is 2. The molecule has 1 fully saturated rings. The number of carbonyl (C=O) groups excluding carboxylic acids is 17. The monoisotopic (exact) mass is 2050 g/mol. The summed E-state index contributed by atoms with van der Waals surface area (Å²) >= 11 is 8.65. The highest BCUT2D eigenvalue weighted by Gasteiger charge is 2.43. The molecule has 0 radical (unpaired) electrons. The number of amides is 19. The van der Waals surface area contributed by atoms with Gasteiger partial charge < -0.3 is 161 Å². The van der Waals surface area contributed by atoms with Crippen LogP contribution >= 0.6 is 25.3 Å². The van der Waals surface area contributed by atoms with Crippen LogP contribution in [0.25, 0.3) is 10.8 Å². The van der Waals surface area contributed by atoms with E-state index in [1.807, 2.05) is 6.07 Å². The molecule has 0 unspecified atom stereocenters. The Morgan fingerprint density at radius 1 is 0.361 bits per heavy atom. The molecule has 0 spiro atoms. The largest absolute Gasteiger partial charge is 0.508 e. The van der Waals surface area contributed by atoms with E-state index in [1.165, 1.54) is 48.5 Å². The van der Waals surface area contributed by atoms with Crippen LogP contribution in [0.1, 0.15) is 146 Å². The molecule has 1 saturated heterocycles. The standard InChI is InChI=1S/C90H135N29O23S2/c1-48(120)106-62(31-33-70(123)124)78(133)110-60(17-8-38-103-88(97)98)76(131)114-66(45-51-21-26-52-12-2-3-13-53(52)42-51)81(136)118-68(47-144)83(138)115-64(43-49-22-27-54(121)28-23-49)79(134)111-59(18-9-39-104-89(99)141)73(128)108-57(14-4-5-35-91)75(130)113-63(32-34-71(125)126)85(140)119-41-11-20-69(119)84(139)116-65(44-50-24-29-55(122)30-25-50)80(135)112-58(16-7-37-102-87(95)96)74(129)109-61(19-10-40-105-90(100)142)77(132)117-67(46-143)82(137)107-56(72(92)127)15-6-36-101-86(93)94/h2-3,12-13,21-30,42,56-69,121-122,143-144H,4-11,14-20,31-41,43-47,91H2,1H3,(H2,92,127)(H,106,120)(H,107,137)(H,108,128)(H,109,129)(H,110,133)(H,111,134)(H,112,135)(H,113,130)(H,114,131)(H,115,138)(H,116,139)(H,117,132)(H,118,136)(H,123,124)(H,125,126)(H4,93,94,101)(H4,95,96,102)(H4,97,98,103)(H3,99,104,141)(H3,100,105,142)/t56-,57-,58-,59-,60-,61-,62+,63+,64-,65-,66-,67-,68-,69-/m0/s1. The van der Waals surface area contributed by atoms with Crippen LogP contribution in [0.4, 0.5) is 9.59 Å². The number of nitrogens with one attached hydrogen (secondary N) is 21. The molecule has 4 aromatic carbocycles. The summed E-state index contributed by atoms with van der Waals surface area (Å²) in [4.78, 5) is 266. The summed E-state index contributed by atoms with van der Waals surface area (Å²) in [6, 6.07) is -1.16. The van der Waals surface area contributed by atoms with Crippen molar-refractivity contribution in [3.8, 4) is 11.5 Å². The van der Waals surface area contributed by atoms with E-state index in [2.05, 4.69) is 121 Å². The van der Waals surface area contributed by atoms with Gasteiger partial charge in [0.25, 0.3) is 0 Å². The number of unbranched alkanes of at least 4 members (excludes halogenated alkanes) is 1. The molecule has 1 aliphatic rings. The molecule has 0 aliphatic carbocycles. The summed E-state index contributed by atoms with van der Waals surface area (Å²) in [6.45, 7) is 0.664. The van der Waals surface area contributed by atoms with Crippen molar-refractivity contribution >= 4 is 167 Å². The van der Waals surface area contributed by atoms with Gasteiger partial charge in [-0.15, -0.1) is 0 Å². The van der Waals surface area contributed by atoms with Gasteiger partial charge in [0.15, 0.2) is 17.9 Å². The normalized spacial score (nSPS) is 14.7. The van der Waals surface area contributed by atoms with Gasteiger partial charge in [-0.25, -0.2) is 9.59 Å². The van der Waals surface area contributed by atoms with E-state index in [0.29, 0.717) is 16.7 Å². The fourth-order valence-corrected chi connectivity index (χ4v) is 15.7. The zero-order valence-electron chi connectivity index (χ0n) is 79.6. The Morgan fingerprint density at radius 2 is 0.667 bits per heavy atom. The number of nitrogens with zero attached hydrogens (tertiary/aromatic N) is 1. The number of rotatable bonds is 65. The Labute approximate surface area is 840 Å². The maximum absolute atomic E-state index is 15.2. The van der Waals surface area contributed by atoms with Gasteiger partial charge in [0, 0.05) is 89.8 Å². The number of phenolic OH excluding ortho intramolecular Hbond substituents is 2. The molecule has 14 atom stereocenters. The van der Waals surface area contributed by atoms with Gasteiger partial charge in [-0.2, -0.15) is 25.3 Å². The van der Waals surface area contributed by atoms with Crippen molar-refractivity contribution in [3.05, 3.63) is 108 Å². The van der Waals surface area contributed by atoms with Gasteiger partial charge in [0.2, 0.25) is 88.6 Å². The van der Waals surface area contributed by atoms with E-state index < -0.39 is 247 Å². The minimum Gasteiger partial charge on any atom is -0.508 e. The maximum atomic E-state index is 15.2. The molecule has 4 aromatic rings. The third kappa shape index (κ3) is 44.3. The van der Waals surface area contributed by atoms with Crippen LogP contribution < -0.4 is 136 Å². The fraction of sp³-hybridized carbons (Fsp3) is 0.511. The van der Waals surface area contributed by atoms with Crippen molar-refractivity contribution in [2.75, 3.05) is 57.3 Å². The van der Waals surface area contributed by atoms with Crippen LogP contribution in [-0.2, 0) is 101 Å². The maximum Gasteiger partial charge on any atom is 0.312 e. The zero-order chi connectivity index (χ0) is 107. The van der Waals surface area contributed by atoms with Crippen LogP contribution in [0.2, 0.25) is 0 Å². The zero-order valence-corrected chi connectivity index (χ0v) is 81.4. The van der Waals surface area contributed by atoms with E-state index >= 15 is 28.8 Å². The first-order chi connectivity index (χ1) is 68.4. The van der Waals surface area contributed by atoms with Crippen molar-refractivity contribution in [3.63, 3.8) is 0 Å². The second kappa shape index (κ2) is 62.8. The number of aromatic hydroxyl groups is 2. The van der Waals surface area contributed by atoms with E-state index in [0.717, 1.165) is 22.6 Å². The SMILES string of the molecule is CC(=O)N[C@H](CCC(=O)O)C(=O)N[C@@H](CCCNC(=N)N)C(=O)N[C@@H](Cc1ccc2ccccc2c1)C(=O)N[C@@H](CS)C(=O)N[C@@H](Cc1ccc(O)cc1)C(=O)N[C@@H](CCCNC(N)=O)C(=O)N[C@@H](CCCCN)C(=O)N[C@H](CCC(=O)O)C(=O)N1CCC[C@H]1C(=O)N[C@@H](Cc1ccc(O)cc1)C(=O)N[C@@H](CCCNC(=N)N)C(=O)N[C@@H](CCCNC(N)=O)C(=O)N[C@@H](CS)C(=O)N[C@@H](CCCNC(=N)N)C(N)=O. The molecular weight excluding hydrogens is 1920 g/mol. The summed E-state index contributed by atoms with van der Waals surface area (Å²) in [5.41, 5.74) is 39.7. The van der Waals surface area contributed by atoms with E-state index in [9.17, 15) is 82.8 Å². The van der Waals surface area contributed by atoms with Crippen molar-refractivity contribution in [1.82, 2.24) is 101 Å². The molecule has 54 heteroatoms. The number of primary amides is 3. The smallest absolute Gasteiger partial charge is 0.312 e. The number of carboxylic acid groups (broad SMARTS) is 2. The number of carbonyl (C=O) groups is 19. The Bertz CT molecular complexity index is 5110. The van der Waals surface area contributed by atoms with Crippen molar-refractivity contribution in [1.29, 1.82) is 16.2 Å². The lowest BCUT2D eigenvalue weighted by molar-refractivity contribution is -0.143. The average molecular weight is 2060 g/mol. The number of thiol groups is 2. The summed E-state index contributed by atoms with van der Waals surface area (Å²) in [7, 11) is 0. The number of guanidine groups is 3. The van der Waals surface area contributed by atoms with Crippen LogP contribution in [-0.4, -0.2) is 298 Å². The predicted octanol–water partition coefficient (Wildman–Crippen LogP) is -6.52. The molecule has 1 aliphatic heterocycles. The Balaban J connectivity index is 1.48. The second-order valence-electron chi connectivity index (χ2n) is 34.0. The summed E-state index contributed by atoms with van der Waals surface area (Å²) < 4.78 is 0. The third-order valence-electron chi connectivity index (χ3n) is 22.6. The number of hydrogen-bond acceptors (Lipinski definition) is 27. The highest BCUT2D eigenvalue weighted by atomic mass is 32.1. The molecule has 790 valence electrons. The number of carboxylic acids is 2. The number of hydrogen-bond donors (Lipinski definition) is 34. The average Bonchev–Trinajstić information content (AvgIpc) is 1.58. The number of aliphatic carboxylic acids is 2. The number of fused-ring (bicyclic) bond motifs is 1. The van der Waals surface area contributed by atoms with Gasteiger partial charge in [-0.05, 0) is 167 Å². The Hall–Kier alpha value is -15.3. The van der Waals surface area contributed by atoms with Crippen molar-refractivity contribution in [2.24, 2.45) is 40.1 Å². The van der Waals surface area contributed by atoms with E-state index in [1.54, 1.807) is 36.4 Å². The highest BCUT2D eigenvalue weighted by molar-refractivity contribution is 7.80. The molecule has 52 nitrogen and oxygen atoms in total. The first-order valence-corrected chi connectivity index (χ1v) is 47.9. The molecular formula is C90H135N29O23S2. The summed E-state index contributed by atoms with van der Waals surface area (Å²) in [5.74, 6) is -20.3. The summed E-state index contributed by atoms with van der Waals surface area (Å²) in [5, 5.41) is 110. The topological polar surface area (TPSA) is 879 Å². The fourth-order valence-electron chi connectivity index (χ4n) is 15.2. The van der Waals surface area contributed by atoms with Gasteiger partial charge in [0.05, 0.1) is 0 Å². The summed E-state index contributed by atoms with van der Waals surface area (Å²) in [6.07, 6.45) is -4.47. The van der Waals surface area contributed by atoms with Gasteiger partial charge in [-0.3, -0.25) is 97.7 Å². The molecule has 1 heterocycles. The first-order valence-electron chi connectivity index (χ1n) is 46.6. The number of nitrogens with two attached hydrogens (primary N) is 7. The van der Waals surface area contributed by atoms with Gasteiger partial charge in [0.1, 0.15) is 96.1 Å². The predicted molar refractivity (Wildman–Crippen MR) is 531 cm³/mol. The minimum atomic E-state index is -1.80. The van der Waals surface area contributed by atoms with Crippen LogP contribution in [0.15, 0.2) is 91.0 Å². The quantitative estimate of drug-likeness (QED) is 0.00846. The lowest BCUT2D eigenvalue weighted by Crippen LogP contribution is -2.61.